The smallest absolute Gasteiger partial charge is 0.223 e. The summed E-state index contributed by atoms with van der Waals surface area (Å²) in [6.07, 6.45) is 4.14. The topological polar surface area (TPSA) is 45.2 Å². The molecule has 1 aliphatic heterocycles. The van der Waals surface area contributed by atoms with Crippen LogP contribution in [-0.4, -0.2) is 41.5 Å². The van der Waals surface area contributed by atoms with Gasteiger partial charge in [0.25, 0.3) is 0 Å². The Morgan fingerprint density at radius 2 is 2.28 bits per heavy atom. The fraction of sp³-hybridized carbons (Fsp3) is 0.571. The van der Waals surface area contributed by atoms with Gasteiger partial charge in [-0.2, -0.15) is 0 Å². The molecule has 0 saturated carbocycles. The van der Waals surface area contributed by atoms with Gasteiger partial charge in [0, 0.05) is 44.5 Å². The van der Waals surface area contributed by atoms with Gasteiger partial charge in [-0.25, -0.2) is 0 Å². The molecule has 0 aliphatic carbocycles. The Balaban J connectivity index is 1.94. The highest BCUT2D eigenvalue weighted by Crippen LogP contribution is 2.20. The zero-order valence-electron chi connectivity index (χ0n) is 11.1. The van der Waals surface area contributed by atoms with Crippen LogP contribution in [0.3, 0.4) is 0 Å². The van der Waals surface area contributed by atoms with E-state index in [0.29, 0.717) is 12.5 Å². The van der Waals surface area contributed by atoms with Crippen molar-refractivity contribution in [3.8, 4) is 0 Å². The number of piperazine rings is 1. The van der Waals surface area contributed by atoms with Gasteiger partial charge in [0.1, 0.15) is 0 Å². The standard InChI is InChI=1S/C14H21N3O/c1-11(13-3-5-15-6-4-13)9-14(18)17-8-7-16-10-12(17)2/h3-6,11-12,16H,7-10H2,1-2H3/t11-,12+/m1/s1. The van der Waals surface area contributed by atoms with E-state index in [-0.39, 0.29) is 11.8 Å². The van der Waals surface area contributed by atoms with Crippen LogP contribution >= 0.6 is 0 Å². The number of carbonyl (C=O) groups is 1. The van der Waals surface area contributed by atoms with E-state index < -0.39 is 0 Å². The van der Waals surface area contributed by atoms with Gasteiger partial charge >= 0.3 is 0 Å². The first-order chi connectivity index (χ1) is 8.68. The van der Waals surface area contributed by atoms with E-state index >= 15 is 0 Å². The highest BCUT2D eigenvalue weighted by molar-refractivity contribution is 5.77. The van der Waals surface area contributed by atoms with Crippen molar-refractivity contribution < 1.29 is 4.79 Å². The maximum Gasteiger partial charge on any atom is 0.223 e. The minimum Gasteiger partial charge on any atom is -0.337 e. The average molecular weight is 247 g/mol. The first kappa shape index (κ1) is 13.0. The van der Waals surface area contributed by atoms with Gasteiger partial charge in [-0.3, -0.25) is 9.78 Å². The van der Waals surface area contributed by atoms with Crippen molar-refractivity contribution in [3.63, 3.8) is 0 Å². The van der Waals surface area contributed by atoms with Crippen LogP contribution in [0.2, 0.25) is 0 Å². The molecule has 0 bridgehead atoms. The van der Waals surface area contributed by atoms with Crippen molar-refractivity contribution in [3.05, 3.63) is 30.1 Å². The van der Waals surface area contributed by atoms with Crippen molar-refractivity contribution in [2.45, 2.75) is 32.2 Å². The summed E-state index contributed by atoms with van der Waals surface area (Å²) < 4.78 is 0. The van der Waals surface area contributed by atoms with Crippen LogP contribution < -0.4 is 5.32 Å². The SMILES string of the molecule is C[C@H](CC(=O)N1CCNC[C@@H]1C)c1ccncc1. The summed E-state index contributed by atoms with van der Waals surface area (Å²) in [5.74, 6) is 0.510. The largest absolute Gasteiger partial charge is 0.337 e. The van der Waals surface area contributed by atoms with Gasteiger partial charge in [-0.15, -0.1) is 0 Å². The number of pyridine rings is 1. The Hall–Kier alpha value is -1.42. The molecular weight excluding hydrogens is 226 g/mol. The zero-order valence-corrected chi connectivity index (χ0v) is 11.1. The zero-order chi connectivity index (χ0) is 13.0. The lowest BCUT2D eigenvalue weighted by molar-refractivity contribution is -0.134. The number of hydrogen-bond donors (Lipinski definition) is 1. The highest BCUT2D eigenvalue weighted by Gasteiger charge is 2.24. The van der Waals surface area contributed by atoms with Crippen LogP contribution in [0.15, 0.2) is 24.5 Å². The third-order valence-corrected chi connectivity index (χ3v) is 3.58. The highest BCUT2D eigenvalue weighted by atomic mass is 16.2. The molecular formula is C14H21N3O. The van der Waals surface area contributed by atoms with Crippen LogP contribution in [-0.2, 0) is 4.79 Å². The number of hydrogen-bond acceptors (Lipinski definition) is 3. The predicted octanol–water partition coefficient (Wildman–Crippen LogP) is 1.40. The Morgan fingerprint density at radius 1 is 1.56 bits per heavy atom. The van der Waals surface area contributed by atoms with E-state index in [4.69, 9.17) is 0 Å². The lowest BCUT2D eigenvalue weighted by Gasteiger charge is -2.34. The average Bonchev–Trinajstić information content (AvgIpc) is 2.40. The molecule has 2 atom stereocenters. The molecule has 2 heterocycles. The number of rotatable bonds is 3. The van der Waals surface area contributed by atoms with Crippen LogP contribution in [0, 0.1) is 0 Å². The van der Waals surface area contributed by atoms with Crippen molar-refractivity contribution in [2.24, 2.45) is 0 Å². The molecule has 0 unspecified atom stereocenters. The van der Waals surface area contributed by atoms with Crippen LogP contribution in [0.25, 0.3) is 0 Å². The van der Waals surface area contributed by atoms with Crippen molar-refractivity contribution in [2.75, 3.05) is 19.6 Å². The van der Waals surface area contributed by atoms with Crippen molar-refractivity contribution in [1.29, 1.82) is 0 Å². The summed E-state index contributed by atoms with van der Waals surface area (Å²) in [5, 5.41) is 3.30. The van der Waals surface area contributed by atoms with E-state index in [9.17, 15) is 4.79 Å². The monoisotopic (exact) mass is 247 g/mol. The van der Waals surface area contributed by atoms with E-state index in [0.717, 1.165) is 19.6 Å². The van der Waals surface area contributed by atoms with Gasteiger partial charge in [0.15, 0.2) is 0 Å². The van der Waals surface area contributed by atoms with E-state index in [1.165, 1.54) is 5.56 Å². The van der Waals surface area contributed by atoms with Gasteiger partial charge in [-0.1, -0.05) is 6.92 Å². The summed E-state index contributed by atoms with van der Waals surface area (Å²) in [7, 11) is 0. The first-order valence-electron chi connectivity index (χ1n) is 6.58. The number of nitrogens with zero attached hydrogens (tertiary/aromatic N) is 2. The molecule has 0 spiro atoms. The second kappa shape index (κ2) is 5.96. The van der Waals surface area contributed by atoms with Crippen molar-refractivity contribution in [1.82, 2.24) is 15.2 Å². The second-order valence-corrected chi connectivity index (χ2v) is 5.03. The number of amides is 1. The van der Waals surface area contributed by atoms with Gasteiger partial charge in [-0.05, 0) is 30.5 Å². The minimum atomic E-state index is 0.252. The summed E-state index contributed by atoms with van der Waals surface area (Å²) in [5.41, 5.74) is 1.18. The second-order valence-electron chi connectivity index (χ2n) is 5.03. The van der Waals surface area contributed by atoms with Gasteiger partial charge in [0.05, 0.1) is 0 Å². The molecule has 4 heteroatoms. The molecule has 1 amide bonds. The minimum absolute atomic E-state index is 0.252. The van der Waals surface area contributed by atoms with Crippen LogP contribution in [0.4, 0.5) is 0 Å². The lowest BCUT2D eigenvalue weighted by Crippen LogP contribution is -2.52. The molecule has 4 nitrogen and oxygen atoms in total. The molecule has 98 valence electrons. The van der Waals surface area contributed by atoms with Crippen LogP contribution in [0.1, 0.15) is 31.7 Å². The molecule has 1 fully saturated rings. The maximum absolute atomic E-state index is 12.3. The molecule has 1 aromatic rings. The number of aromatic nitrogens is 1. The molecule has 1 N–H and O–H groups in total. The summed E-state index contributed by atoms with van der Waals surface area (Å²) in [6.45, 7) is 6.82. The Bertz CT molecular complexity index is 393. The summed E-state index contributed by atoms with van der Waals surface area (Å²) >= 11 is 0. The summed E-state index contributed by atoms with van der Waals surface area (Å²) in [4.78, 5) is 18.3. The third-order valence-electron chi connectivity index (χ3n) is 3.58. The molecule has 0 radical (unpaired) electrons. The molecule has 18 heavy (non-hydrogen) atoms. The normalized spacial score (nSPS) is 21.7. The molecule has 2 rings (SSSR count). The van der Waals surface area contributed by atoms with E-state index in [2.05, 4.69) is 24.1 Å². The predicted molar refractivity (Wildman–Crippen MR) is 71.3 cm³/mol. The Morgan fingerprint density at radius 3 is 2.94 bits per heavy atom. The molecule has 0 aromatic carbocycles. The first-order valence-corrected chi connectivity index (χ1v) is 6.58. The lowest BCUT2D eigenvalue weighted by atomic mass is 9.98. The maximum atomic E-state index is 12.3. The Labute approximate surface area is 108 Å². The van der Waals surface area contributed by atoms with Gasteiger partial charge < -0.3 is 10.2 Å². The van der Waals surface area contributed by atoms with Crippen LogP contribution in [0.5, 0.6) is 0 Å². The third kappa shape index (κ3) is 3.07. The van der Waals surface area contributed by atoms with E-state index in [1.54, 1.807) is 12.4 Å². The Kier molecular flexibility index (Phi) is 4.31. The quantitative estimate of drug-likeness (QED) is 0.878. The fourth-order valence-electron chi connectivity index (χ4n) is 2.40. The number of nitrogens with one attached hydrogen (secondary N) is 1. The summed E-state index contributed by atoms with van der Waals surface area (Å²) in [6, 6.07) is 4.27. The van der Waals surface area contributed by atoms with Gasteiger partial charge in [0.2, 0.25) is 5.91 Å². The fourth-order valence-corrected chi connectivity index (χ4v) is 2.40. The molecule has 1 saturated heterocycles. The van der Waals surface area contributed by atoms with Crippen molar-refractivity contribution >= 4 is 5.91 Å². The molecule has 1 aliphatic rings. The van der Waals surface area contributed by atoms with E-state index in [1.807, 2.05) is 17.0 Å². The number of carbonyl (C=O) groups excluding carboxylic acids is 1. The molecule has 1 aromatic heterocycles.